The molecule has 7 heteroatoms. The third-order valence-corrected chi connectivity index (χ3v) is 15.2. The summed E-state index contributed by atoms with van der Waals surface area (Å²) in [5.74, 6) is 2.38. The molecule has 82 heavy (non-hydrogen) atoms. The molecule has 0 aliphatic heterocycles. The zero-order chi connectivity index (χ0) is 54.4. The molecule has 6 nitrogen and oxygen atoms in total. The van der Waals surface area contributed by atoms with Gasteiger partial charge in [-0.3, -0.25) is 14.1 Å². The number of aromatic nitrogens is 5. The molecule has 14 aromatic rings. The Morgan fingerprint density at radius 3 is 1.46 bits per heavy atom. The molecule has 0 amide bonds. The summed E-state index contributed by atoms with van der Waals surface area (Å²) in [6, 6.07) is 97.4. The predicted molar refractivity (Wildman–Crippen MR) is 329 cm³/mol. The van der Waals surface area contributed by atoms with Crippen LogP contribution in [0.4, 0.5) is 0 Å². The van der Waals surface area contributed by atoms with Crippen molar-refractivity contribution in [2.24, 2.45) is 0 Å². The number of ether oxygens (including phenoxy) is 1. The fourth-order valence-electron chi connectivity index (χ4n) is 11.2. The van der Waals surface area contributed by atoms with Crippen LogP contribution in [0.2, 0.25) is 0 Å². The summed E-state index contributed by atoms with van der Waals surface area (Å²) in [4.78, 5) is 9.86. The molecule has 396 valence electrons. The summed E-state index contributed by atoms with van der Waals surface area (Å²) in [5, 5.41) is 2.18. The van der Waals surface area contributed by atoms with Gasteiger partial charge in [0.05, 0.1) is 22.5 Å². The Morgan fingerprint density at radius 2 is 0.902 bits per heavy atom. The molecule has 0 atom stereocenters. The Hall–Kier alpha value is -9.74. The maximum Gasteiger partial charge on any atom is 0.269 e. The van der Waals surface area contributed by atoms with Crippen LogP contribution < -0.4 is 9.30 Å². The maximum atomic E-state index is 6.74. The molecule has 0 saturated carbocycles. The quantitative estimate of drug-likeness (QED) is 0.0958. The molecular weight excluding hydrogens is 1180 g/mol. The number of rotatable bonds is 11. The Labute approximate surface area is 492 Å². The van der Waals surface area contributed by atoms with E-state index in [0.717, 1.165) is 111 Å². The number of imidazole rings is 1. The number of hydrogen-bond acceptors (Lipinski definition) is 3. The molecule has 10 aromatic carbocycles. The van der Waals surface area contributed by atoms with Crippen molar-refractivity contribution in [3.05, 3.63) is 291 Å². The Balaban J connectivity index is 0.00000631. The van der Waals surface area contributed by atoms with Crippen molar-refractivity contribution in [3.8, 4) is 95.6 Å². The first-order valence-corrected chi connectivity index (χ1v) is 27.4. The molecule has 4 aromatic heterocycles. The Bertz CT molecular complexity index is 4380. The van der Waals surface area contributed by atoms with Gasteiger partial charge in [0, 0.05) is 38.5 Å². The van der Waals surface area contributed by atoms with Gasteiger partial charge in [-0.25, -0.2) is 4.98 Å². The molecule has 0 spiro atoms. The average molecular weight is 1240 g/mol. The van der Waals surface area contributed by atoms with Crippen LogP contribution in [0.25, 0.3) is 117 Å². The standard InChI is InChI=1S/C75H53N5O.Pt/c1-75(2,3)61-37-39-77-73(47-61)80-68-32-17-16-29-66(68)67-36-35-62(48-71(67)80)81-63-38-40-76-72(49-63)78-50-79(70-34-19-18-33-69(70)78)74-64(59-43-55(51-21-8-4-9-22-51)41-56(44-59)52-23-10-5-11-24-52)30-20-31-65(74)60-45-57(53-25-12-6-13-26-53)42-58(46-60)54-27-14-7-15-28-54;/h4-47H,1-3H3;/q-2;. The van der Waals surface area contributed by atoms with Crippen LogP contribution in [-0.2, 0) is 26.5 Å². The van der Waals surface area contributed by atoms with Crippen LogP contribution in [0, 0.1) is 18.5 Å². The zero-order valence-corrected chi connectivity index (χ0v) is 47.6. The largest absolute Gasteiger partial charge is 0.522 e. The smallest absolute Gasteiger partial charge is 0.269 e. The minimum absolute atomic E-state index is 0. The van der Waals surface area contributed by atoms with E-state index in [1.165, 1.54) is 5.56 Å². The summed E-state index contributed by atoms with van der Waals surface area (Å²) in [5.41, 5.74) is 19.1. The zero-order valence-electron chi connectivity index (χ0n) is 45.4. The van der Waals surface area contributed by atoms with Gasteiger partial charge >= 0.3 is 0 Å². The number of benzene rings is 10. The van der Waals surface area contributed by atoms with Gasteiger partial charge in [0.2, 0.25) is 0 Å². The van der Waals surface area contributed by atoms with Crippen molar-refractivity contribution in [1.82, 2.24) is 19.1 Å². The second kappa shape index (κ2) is 21.7. The van der Waals surface area contributed by atoms with Crippen molar-refractivity contribution in [2.45, 2.75) is 26.2 Å². The maximum absolute atomic E-state index is 6.74. The number of nitrogens with zero attached hydrogens (tertiary/aromatic N) is 5. The molecule has 14 rings (SSSR count). The molecule has 0 aliphatic rings. The van der Waals surface area contributed by atoms with Crippen molar-refractivity contribution in [3.63, 3.8) is 0 Å². The van der Waals surface area contributed by atoms with Crippen molar-refractivity contribution < 1.29 is 30.4 Å². The third-order valence-electron chi connectivity index (χ3n) is 15.2. The van der Waals surface area contributed by atoms with Crippen LogP contribution in [0.1, 0.15) is 26.3 Å². The molecule has 0 unspecified atom stereocenters. The minimum Gasteiger partial charge on any atom is -0.522 e. The molecule has 0 N–H and O–H groups in total. The van der Waals surface area contributed by atoms with Gasteiger partial charge in [0.25, 0.3) is 6.33 Å². The minimum atomic E-state index is -0.0566. The molecule has 0 radical (unpaired) electrons. The van der Waals surface area contributed by atoms with Crippen LogP contribution in [0.5, 0.6) is 11.5 Å². The Morgan fingerprint density at radius 1 is 0.415 bits per heavy atom. The van der Waals surface area contributed by atoms with Gasteiger partial charge in [-0.2, -0.15) is 18.2 Å². The second-order valence-corrected chi connectivity index (χ2v) is 21.5. The first-order valence-electron chi connectivity index (χ1n) is 27.4. The SMILES string of the molecule is CC(C)(C)c1ccnc(-n2c3[c-]c(Oc4[c-]c(-n5[c-][n+](-c6c(-c7cc(-c8ccccc8)cc(-c8ccccc8)c7)cccc6-c6cc(-c7ccccc7)cc(-c7ccccc7)c6)c6ccccc65)ncc4)ccc3c3ccccc32)c1.[Pt]. The van der Waals surface area contributed by atoms with E-state index in [4.69, 9.17) is 14.7 Å². The van der Waals surface area contributed by atoms with E-state index >= 15 is 0 Å². The third kappa shape index (κ3) is 9.82. The van der Waals surface area contributed by atoms with E-state index < -0.39 is 0 Å². The van der Waals surface area contributed by atoms with E-state index in [0.29, 0.717) is 17.3 Å². The number of fused-ring (bicyclic) bond motifs is 4. The first kappa shape index (κ1) is 51.7. The monoisotopic (exact) mass is 1230 g/mol. The average Bonchev–Trinajstić information content (AvgIpc) is 3.03. The van der Waals surface area contributed by atoms with Crippen LogP contribution in [0.3, 0.4) is 0 Å². The van der Waals surface area contributed by atoms with Crippen LogP contribution in [0.15, 0.2) is 267 Å². The normalized spacial score (nSPS) is 11.5. The van der Waals surface area contributed by atoms with Gasteiger partial charge in [-0.15, -0.1) is 17.5 Å². The van der Waals surface area contributed by atoms with Crippen LogP contribution >= 0.6 is 0 Å². The van der Waals surface area contributed by atoms with Gasteiger partial charge in [-0.1, -0.05) is 214 Å². The van der Waals surface area contributed by atoms with Gasteiger partial charge in [0.1, 0.15) is 5.82 Å². The summed E-state index contributed by atoms with van der Waals surface area (Å²) < 4.78 is 13.1. The van der Waals surface area contributed by atoms with Crippen LogP contribution in [-0.4, -0.2) is 19.1 Å². The summed E-state index contributed by atoms with van der Waals surface area (Å²) in [6.07, 6.45) is 7.53. The first-order chi connectivity index (χ1) is 39.8. The molecule has 0 fully saturated rings. The second-order valence-electron chi connectivity index (χ2n) is 21.5. The fourth-order valence-corrected chi connectivity index (χ4v) is 11.2. The van der Waals surface area contributed by atoms with Crippen molar-refractivity contribution in [1.29, 1.82) is 0 Å². The van der Waals surface area contributed by atoms with E-state index in [-0.39, 0.29) is 26.5 Å². The predicted octanol–water partition coefficient (Wildman–Crippen LogP) is 18.3. The van der Waals surface area contributed by atoms with Gasteiger partial charge in [-0.05, 0) is 143 Å². The topological polar surface area (TPSA) is 48.8 Å². The molecule has 4 heterocycles. The number of para-hydroxylation sites is 4. The molecule has 0 aliphatic carbocycles. The summed E-state index contributed by atoms with van der Waals surface area (Å²) in [7, 11) is 0. The molecule has 0 saturated heterocycles. The number of hydrogen-bond donors (Lipinski definition) is 0. The van der Waals surface area contributed by atoms with E-state index in [1.54, 1.807) is 6.20 Å². The van der Waals surface area contributed by atoms with Crippen molar-refractivity contribution >= 4 is 32.8 Å². The number of pyridine rings is 2. The molecular formula is C75H53N5OPt-2. The van der Waals surface area contributed by atoms with Gasteiger partial charge < -0.3 is 9.30 Å². The fraction of sp³-hybridized carbons (Fsp3) is 0.0533. The molecule has 0 bridgehead atoms. The Kier molecular flexibility index (Phi) is 13.7. The van der Waals surface area contributed by atoms with E-state index in [1.807, 2.05) is 22.9 Å². The van der Waals surface area contributed by atoms with Gasteiger partial charge in [0.15, 0.2) is 0 Å². The summed E-state index contributed by atoms with van der Waals surface area (Å²) in [6.45, 7) is 6.67. The van der Waals surface area contributed by atoms with Crippen molar-refractivity contribution in [2.75, 3.05) is 0 Å². The summed E-state index contributed by atoms with van der Waals surface area (Å²) >= 11 is 0. The van der Waals surface area contributed by atoms with E-state index in [9.17, 15) is 0 Å². The van der Waals surface area contributed by atoms with E-state index in [2.05, 4.69) is 291 Å².